The number of unbranched alkanes of at least 4 members (excludes halogenated alkanes) is 2. The quantitative estimate of drug-likeness (QED) is 0.212. The van der Waals surface area contributed by atoms with Crippen LogP contribution >= 0.6 is 12.4 Å². The van der Waals surface area contributed by atoms with E-state index in [2.05, 4.69) is 10.3 Å². The highest BCUT2D eigenvalue weighted by Gasteiger charge is 2.28. The van der Waals surface area contributed by atoms with Gasteiger partial charge in [-0.1, -0.05) is 42.8 Å². The number of carbonyl (C=O) groups is 3. The van der Waals surface area contributed by atoms with Gasteiger partial charge in [0.05, 0.1) is 0 Å². The van der Waals surface area contributed by atoms with E-state index in [0.717, 1.165) is 24.8 Å². The van der Waals surface area contributed by atoms with Crippen LogP contribution in [0, 0.1) is 5.82 Å². The summed E-state index contributed by atoms with van der Waals surface area (Å²) in [4.78, 5) is 45.0. The van der Waals surface area contributed by atoms with E-state index in [1.807, 2.05) is 11.0 Å². The molecule has 2 aromatic carbocycles. The summed E-state index contributed by atoms with van der Waals surface area (Å²) in [6, 6.07) is 15.4. The Balaban J connectivity index is 0.00000484. The van der Waals surface area contributed by atoms with Gasteiger partial charge in [0.25, 0.3) is 5.91 Å². The molecule has 2 heterocycles. The van der Waals surface area contributed by atoms with E-state index in [1.54, 1.807) is 42.6 Å². The normalized spacial score (nSPS) is 13.4. The lowest BCUT2D eigenvalue weighted by atomic mass is 9.99. The standard InChI is InChI=1S/C31H34FN5O4.ClH/c32-24-10-12-25(13-11-24)36-30(39)28(22-7-3-1-4-8-22)41-31(40)26-19-23(20-35-29(26)34)21-14-17-37(18-15-21)27(38)9-5-2-6-16-33;/h1,3-4,7-8,10-14,19-20,28H,2,5-6,9,15-18,33H2,(H2,34,35)(H,36,39);1H. The van der Waals surface area contributed by atoms with Crippen molar-refractivity contribution in [1.29, 1.82) is 0 Å². The Bertz CT molecular complexity index is 1400. The van der Waals surface area contributed by atoms with Gasteiger partial charge in [-0.2, -0.15) is 0 Å². The maximum Gasteiger partial charge on any atom is 0.343 e. The van der Waals surface area contributed by atoms with Gasteiger partial charge in [0.2, 0.25) is 12.0 Å². The zero-order valence-electron chi connectivity index (χ0n) is 23.1. The van der Waals surface area contributed by atoms with Gasteiger partial charge in [0, 0.05) is 37.0 Å². The van der Waals surface area contributed by atoms with Gasteiger partial charge in [0.1, 0.15) is 17.2 Å². The number of anilines is 2. The van der Waals surface area contributed by atoms with E-state index in [4.69, 9.17) is 16.2 Å². The molecule has 2 amide bonds. The van der Waals surface area contributed by atoms with Crippen molar-refractivity contribution in [3.63, 3.8) is 0 Å². The van der Waals surface area contributed by atoms with Crippen LogP contribution in [0.1, 0.15) is 59.7 Å². The van der Waals surface area contributed by atoms with Crippen molar-refractivity contribution >= 4 is 47.3 Å². The number of nitrogen functional groups attached to an aromatic ring is 1. The molecule has 1 aliphatic heterocycles. The second kappa shape index (κ2) is 15.6. The minimum Gasteiger partial charge on any atom is -0.444 e. The number of amides is 2. The largest absolute Gasteiger partial charge is 0.444 e. The van der Waals surface area contributed by atoms with Crippen molar-refractivity contribution in [3.05, 3.63) is 95.4 Å². The van der Waals surface area contributed by atoms with Crippen LogP contribution in [0.3, 0.4) is 0 Å². The molecule has 3 aromatic rings. The van der Waals surface area contributed by atoms with E-state index in [9.17, 15) is 18.8 Å². The predicted molar refractivity (Wildman–Crippen MR) is 162 cm³/mol. The number of ether oxygens (including phenoxy) is 1. The number of nitrogens with two attached hydrogens (primary N) is 2. The average Bonchev–Trinajstić information content (AvgIpc) is 2.99. The molecule has 0 bridgehead atoms. The number of aromatic nitrogens is 1. The summed E-state index contributed by atoms with van der Waals surface area (Å²) in [5.41, 5.74) is 14.0. The first kappa shape index (κ1) is 32.2. The smallest absolute Gasteiger partial charge is 0.343 e. The van der Waals surface area contributed by atoms with Crippen molar-refractivity contribution in [1.82, 2.24) is 9.88 Å². The highest BCUT2D eigenvalue weighted by atomic mass is 35.5. The van der Waals surface area contributed by atoms with E-state index in [-0.39, 0.29) is 29.7 Å². The van der Waals surface area contributed by atoms with Gasteiger partial charge < -0.3 is 26.4 Å². The fourth-order valence-electron chi connectivity index (χ4n) is 4.54. The van der Waals surface area contributed by atoms with Gasteiger partial charge in [-0.15, -0.1) is 12.4 Å². The Morgan fingerprint density at radius 2 is 1.79 bits per heavy atom. The Labute approximate surface area is 250 Å². The molecule has 1 atom stereocenters. The molecule has 0 radical (unpaired) electrons. The number of rotatable bonds is 11. The maximum atomic E-state index is 13.3. The van der Waals surface area contributed by atoms with Gasteiger partial charge in [-0.3, -0.25) is 9.59 Å². The summed E-state index contributed by atoms with van der Waals surface area (Å²) >= 11 is 0. The molecule has 0 saturated heterocycles. The lowest BCUT2D eigenvalue weighted by Crippen LogP contribution is -2.34. The van der Waals surface area contributed by atoms with Crippen LogP contribution in [0.2, 0.25) is 0 Å². The van der Waals surface area contributed by atoms with E-state index in [1.165, 1.54) is 24.3 Å². The Hall–Kier alpha value is -4.28. The zero-order chi connectivity index (χ0) is 29.2. The first-order valence-electron chi connectivity index (χ1n) is 13.6. The average molecular weight is 596 g/mol. The second-order valence-electron chi connectivity index (χ2n) is 9.77. The Morgan fingerprint density at radius 1 is 1.05 bits per heavy atom. The molecular formula is C31H35ClFN5O4. The summed E-state index contributed by atoms with van der Waals surface area (Å²) in [5, 5.41) is 2.66. The summed E-state index contributed by atoms with van der Waals surface area (Å²) < 4.78 is 19.0. The summed E-state index contributed by atoms with van der Waals surface area (Å²) in [7, 11) is 0. The first-order chi connectivity index (χ1) is 19.9. The molecule has 1 unspecified atom stereocenters. The molecule has 42 heavy (non-hydrogen) atoms. The topological polar surface area (TPSA) is 141 Å². The third-order valence-corrected chi connectivity index (χ3v) is 6.84. The van der Waals surface area contributed by atoms with Gasteiger partial charge in [0.15, 0.2) is 0 Å². The summed E-state index contributed by atoms with van der Waals surface area (Å²) in [6.45, 7) is 1.66. The number of hydrogen-bond donors (Lipinski definition) is 3. The molecular weight excluding hydrogens is 561 g/mol. The highest BCUT2D eigenvalue weighted by molar-refractivity contribution is 6.00. The van der Waals surface area contributed by atoms with Crippen molar-refractivity contribution in [2.45, 2.75) is 38.2 Å². The molecule has 11 heteroatoms. The van der Waals surface area contributed by atoms with Crippen molar-refractivity contribution < 1.29 is 23.5 Å². The molecule has 1 aromatic heterocycles. The summed E-state index contributed by atoms with van der Waals surface area (Å²) in [6.07, 6.45) is 6.01. The molecule has 0 saturated carbocycles. The maximum absolute atomic E-state index is 13.3. The fourth-order valence-corrected chi connectivity index (χ4v) is 4.54. The number of hydrogen-bond acceptors (Lipinski definition) is 7. The van der Waals surface area contributed by atoms with Crippen LogP contribution in [0.4, 0.5) is 15.9 Å². The number of esters is 1. The molecule has 9 nitrogen and oxygen atoms in total. The van der Waals surface area contributed by atoms with Gasteiger partial charge in [-0.25, -0.2) is 14.2 Å². The Morgan fingerprint density at radius 3 is 2.45 bits per heavy atom. The summed E-state index contributed by atoms with van der Waals surface area (Å²) in [5.74, 6) is -1.78. The predicted octanol–water partition coefficient (Wildman–Crippen LogP) is 4.90. The highest BCUT2D eigenvalue weighted by Crippen LogP contribution is 2.27. The van der Waals surface area contributed by atoms with E-state index >= 15 is 0 Å². The lowest BCUT2D eigenvalue weighted by molar-refractivity contribution is -0.131. The third-order valence-electron chi connectivity index (χ3n) is 6.84. The SMILES string of the molecule is Cl.NCCCCCC(=O)N1CC=C(c2cnc(N)c(C(=O)OC(C(=O)Nc3ccc(F)cc3)c3ccccc3)c2)CC1. The molecule has 0 fully saturated rings. The molecule has 0 spiro atoms. The molecule has 5 N–H and O–H groups in total. The van der Waals surface area contributed by atoms with Crippen molar-refractivity contribution in [2.24, 2.45) is 5.73 Å². The minimum atomic E-state index is -1.30. The molecule has 4 rings (SSSR count). The van der Waals surface area contributed by atoms with Gasteiger partial charge in [-0.05, 0) is 67.3 Å². The van der Waals surface area contributed by atoms with Crippen LogP contribution < -0.4 is 16.8 Å². The number of carbonyl (C=O) groups excluding carboxylic acids is 3. The monoisotopic (exact) mass is 595 g/mol. The van der Waals surface area contributed by atoms with Crippen LogP contribution in [0.25, 0.3) is 5.57 Å². The molecule has 222 valence electrons. The number of benzene rings is 2. The molecule has 1 aliphatic rings. The number of nitrogens with one attached hydrogen (secondary N) is 1. The number of halogens is 2. The van der Waals surface area contributed by atoms with Crippen molar-refractivity contribution in [3.8, 4) is 0 Å². The van der Waals surface area contributed by atoms with E-state index in [0.29, 0.717) is 49.3 Å². The fraction of sp³-hybridized carbons (Fsp3) is 0.290. The van der Waals surface area contributed by atoms with Gasteiger partial charge >= 0.3 is 5.97 Å². The van der Waals surface area contributed by atoms with Crippen LogP contribution in [0.5, 0.6) is 0 Å². The van der Waals surface area contributed by atoms with Crippen LogP contribution in [-0.2, 0) is 14.3 Å². The third kappa shape index (κ3) is 8.61. The zero-order valence-corrected chi connectivity index (χ0v) is 23.9. The minimum absolute atomic E-state index is 0. The van der Waals surface area contributed by atoms with Crippen LogP contribution in [-0.4, -0.2) is 47.3 Å². The number of pyridine rings is 1. The lowest BCUT2D eigenvalue weighted by Gasteiger charge is -2.27. The van der Waals surface area contributed by atoms with E-state index < -0.39 is 23.8 Å². The Kier molecular flexibility index (Phi) is 12.0. The van der Waals surface area contributed by atoms with Crippen LogP contribution in [0.15, 0.2) is 72.9 Å². The first-order valence-corrected chi connectivity index (χ1v) is 13.6. The molecule has 0 aliphatic carbocycles. The number of nitrogens with zero attached hydrogens (tertiary/aromatic N) is 2. The van der Waals surface area contributed by atoms with Crippen molar-refractivity contribution in [2.75, 3.05) is 30.7 Å². The second-order valence-corrected chi connectivity index (χ2v) is 9.77.